The van der Waals surface area contributed by atoms with E-state index in [4.69, 9.17) is 0 Å². The van der Waals surface area contributed by atoms with E-state index < -0.39 is 0 Å². The minimum atomic E-state index is -0.255. The van der Waals surface area contributed by atoms with Crippen LogP contribution in [0.2, 0.25) is 0 Å². The minimum absolute atomic E-state index is 0.0431. The maximum absolute atomic E-state index is 11.6. The lowest BCUT2D eigenvalue weighted by molar-refractivity contribution is -0.120. The molecule has 0 heterocycles. The van der Waals surface area contributed by atoms with Gasteiger partial charge in [-0.2, -0.15) is 0 Å². The second-order valence-corrected chi connectivity index (χ2v) is 9.10. The fraction of sp³-hybridized carbons (Fsp3) is 0.741. The van der Waals surface area contributed by atoms with Gasteiger partial charge >= 0.3 is 0 Å². The van der Waals surface area contributed by atoms with Crippen LogP contribution in [-0.2, 0) is 16.8 Å². The van der Waals surface area contributed by atoms with Crippen molar-refractivity contribution in [1.29, 1.82) is 0 Å². The molecule has 0 aliphatic heterocycles. The minimum Gasteiger partial charge on any atom is -0.347 e. The fourth-order valence-corrected chi connectivity index (χ4v) is 4.38. The number of nitrogens with one attached hydrogen (secondary N) is 1. The van der Waals surface area contributed by atoms with Gasteiger partial charge in [-0.15, -0.1) is 0 Å². The molecular formula is C27H47NO. The number of carbonyl (C=O) groups is 1. The Morgan fingerprint density at radius 3 is 1.69 bits per heavy atom. The first kappa shape index (κ1) is 25.7. The van der Waals surface area contributed by atoms with E-state index in [2.05, 4.69) is 50.4 Å². The Hall–Kier alpha value is -1.31. The number of unbranched alkanes of at least 4 members (excludes halogenated alkanes) is 11. The highest BCUT2D eigenvalue weighted by molar-refractivity contribution is 5.74. The number of hydrogen-bond acceptors (Lipinski definition) is 1. The highest BCUT2D eigenvalue weighted by Crippen LogP contribution is 2.27. The summed E-state index contributed by atoms with van der Waals surface area (Å²) < 4.78 is 0. The molecule has 0 bridgehead atoms. The summed E-state index contributed by atoms with van der Waals surface area (Å²) in [4.78, 5) is 11.6. The number of hydrogen-bond donors (Lipinski definition) is 1. The van der Waals surface area contributed by atoms with Crippen molar-refractivity contribution >= 4 is 5.91 Å². The van der Waals surface area contributed by atoms with E-state index in [9.17, 15) is 4.79 Å². The summed E-state index contributed by atoms with van der Waals surface area (Å²) in [7, 11) is 0. The topological polar surface area (TPSA) is 29.1 Å². The van der Waals surface area contributed by atoms with Gasteiger partial charge in [0.2, 0.25) is 5.91 Å². The molecule has 0 spiro atoms. The summed E-state index contributed by atoms with van der Waals surface area (Å²) in [5, 5.41) is 3.15. The van der Waals surface area contributed by atoms with E-state index in [1.165, 1.54) is 94.6 Å². The van der Waals surface area contributed by atoms with Crippen LogP contribution in [0.25, 0.3) is 0 Å². The third-order valence-electron chi connectivity index (χ3n) is 6.11. The van der Waals surface area contributed by atoms with Crippen molar-refractivity contribution in [2.24, 2.45) is 0 Å². The Morgan fingerprint density at radius 2 is 1.24 bits per heavy atom. The second-order valence-electron chi connectivity index (χ2n) is 9.10. The quantitative estimate of drug-likeness (QED) is 0.263. The SMILES string of the molecule is CCCCCCCCCCCCCCc1ccc(C(C)(CCC)NC(C)=O)cc1. The van der Waals surface area contributed by atoms with Gasteiger partial charge in [-0.25, -0.2) is 0 Å². The van der Waals surface area contributed by atoms with Crippen LogP contribution in [0.1, 0.15) is 129 Å². The van der Waals surface area contributed by atoms with Gasteiger partial charge in [-0.3, -0.25) is 4.79 Å². The third kappa shape index (κ3) is 11.5. The summed E-state index contributed by atoms with van der Waals surface area (Å²) in [6, 6.07) is 8.93. The smallest absolute Gasteiger partial charge is 0.217 e. The number of aryl methyl sites for hydroxylation is 1. The fourth-order valence-electron chi connectivity index (χ4n) is 4.38. The predicted molar refractivity (Wildman–Crippen MR) is 127 cm³/mol. The molecule has 1 N–H and O–H groups in total. The van der Waals surface area contributed by atoms with Crippen LogP contribution in [0.15, 0.2) is 24.3 Å². The molecule has 1 rings (SSSR count). The third-order valence-corrected chi connectivity index (χ3v) is 6.11. The van der Waals surface area contributed by atoms with Crippen LogP contribution < -0.4 is 5.32 Å². The van der Waals surface area contributed by atoms with Crippen molar-refractivity contribution < 1.29 is 4.79 Å². The lowest BCUT2D eigenvalue weighted by atomic mass is 9.86. The zero-order chi connectivity index (χ0) is 21.4. The van der Waals surface area contributed by atoms with Crippen molar-refractivity contribution in [3.63, 3.8) is 0 Å². The Morgan fingerprint density at radius 1 is 0.759 bits per heavy atom. The molecule has 1 aromatic carbocycles. The van der Waals surface area contributed by atoms with Crippen LogP contribution in [0.5, 0.6) is 0 Å². The van der Waals surface area contributed by atoms with Crippen LogP contribution in [-0.4, -0.2) is 5.91 Å². The Labute approximate surface area is 181 Å². The zero-order valence-corrected chi connectivity index (χ0v) is 19.8. The van der Waals surface area contributed by atoms with Gasteiger partial charge in [-0.1, -0.05) is 115 Å². The van der Waals surface area contributed by atoms with Crippen molar-refractivity contribution in [3.8, 4) is 0 Å². The monoisotopic (exact) mass is 401 g/mol. The van der Waals surface area contributed by atoms with Crippen molar-refractivity contribution in [3.05, 3.63) is 35.4 Å². The van der Waals surface area contributed by atoms with Crippen molar-refractivity contribution in [2.45, 2.75) is 130 Å². The van der Waals surface area contributed by atoms with Gasteiger partial charge in [-0.05, 0) is 37.3 Å². The highest BCUT2D eigenvalue weighted by atomic mass is 16.1. The zero-order valence-electron chi connectivity index (χ0n) is 19.8. The maximum atomic E-state index is 11.6. The molecule has 1 unspecified atom stereocenters. The lowest BCUT2D eigenvalue weighted by Gasteiger charge is -2.31. The molecule has 0 aliphatic rings. The van der Waals surface area contributed by atoms with E-state index in [0.29, 0.717) is 0 Å². The molecule has 0 saturated carbocycles. The first-order valence-corrected chi connectivity index (χ1v) is 12.4. The first-order valence-electron chi connectivity index (χ1n) is 12.4. The van der Waals surface area contributed by atoms with E-state index >= 15 is 0 Å². The van der Waals surface area contributed by atoms with Crippen LogP contribution >= 0.6 is 0 Å². The van der Waals surface area contributed by atoms with Gasteiger partial charge in [0.1, 0.15) is 0 Å². The summed E-state index contributed by atoms with van der Waals surface area (Å²) in [6.07, 6.45) is 20.0. The first-order chi connectivity index (χ1) is 14.0. The van der Waals surface area contributed by atoms with Crippen LogP contribution in [0, 0.1) is 0 Å². The van der Waals surface area contributed by atoms with Gasteiger partial charge in [0, 0.05) is 6.92 Å². The van der Waals surface area contributed by atoms with E-state index in [1.54, 1.807) is 6.92 Å². The summed E-state index contributed by atoms with van der Waals surface area (Å²) in [5.41, 5.74) is 2.38. The summed E-state index contributed by atoms with van der Waals surface area (Å²) >= 11 is 0. The molecule has 0 aromatic heterocycles. The molecule has 0 fully saturated rings. The van der Waals surface area contributed by atoms with E-state index in [-0.39, 0.29) is 11.4 Å². The number of rotatable bonds is 17. The average molecular weight is 402 g/mol. The van der Waals surface area contributed by atoms with Crippen LogP contribution in [0.4, 0.5) is 0 Å². The molecule has 1 aromatic rings. The number of amides is 1. The Kier molecular flexibility index (Phi) is 13.8. The molecule has 0 saturated heterocycles. The van der Waals surface area contributed by atoms with Crippen molar-refractivity contribution in [1.82, 2.24) is 5.32 Å². The highest BCUT2D eigenvalue weighted by Gasteiger charge is 2.26. The van der Waals surface area contributed by atoms with E-state index in [1.807, 2.05) is 0 Å². The molecule has 2 nitrogen and oxygen atoms in total. The maximum Gasteiger partial charge on any atom is 0.217 e. The Bertz CT molecular complexity index is 536. The molecule has 1 amide bonds. The lowest BCUT2D eigenvalue weighted by Crippen LogP contribution is -2.42. The second kappa shape index (κ2) is 15.5. The molecular weight excluding hydrogens is 354 g/mol. The van der Waals surface area contributed by atoms with E-state index in [0.717, 1.165) is 12.8 Å². The van der Waals surface area contributed by atoms with Gasteiger partial charge in [0.15, 0.2) is 0 Å². The van der Waals surface area contributed by atoms with Gasteiger partial charge in [0.25, 0.3) is 0 Å². The molecule has 1 atom stereocenters. The van der Waals surface area contributed by atoms with Crippen molar-refractivity contribution in [2.75, 3.05) is 0 Å². The standard InChI is InChI=1S/C27H47NO/c1-5-7-8-9-10-11-12-13-14-15-16-17-18-25-19-21-26(22-20-25)27(4,23-6-2)28-24(3)29/h19-22H,5-18,23H2,1-4H3,(H,28,29). The molecule has 2 heteroatoms. The summed E-state index contributed by atoms with van der Waals surface area (Å²) in [5.74, 6) is 0.0431. The number of carbonyl (C=O) groups excluding carboxylic acids is 1. The summed E-state index contributed by atoms with van der Waals surface area (Å²) in [6.45, 7) is 8.20. The predicted octanol–water partition coefficient (Wildman–Crippen LogP) is 8.08. The van der Waals surface area contributed by atoms with Crippen LogP contribution in [0.3, 0.4) is 0 Å². The number of benzene rings is 1. The molecule has 166 valence electrons. The average Bonchev–Trinajstić information content (AvgIpc) is 2.69. The normalized spacial score (nSPS) is 13.2. The van der Waals surface area contributed by atoms with Gasteiger partial charge in [0.05, 0.1) is 5.54 Å². The molecule has 29 heavy (non-hydrogen) atoms. The Balaban J connectivity index is 2.19. The molecule has 0 radical (unpaired) electrons. The largest absolute Gasteiger partial charge is 0.347 e. The van der Waals surface area contributed by atoms with Gasteiger partial charge < -0.3 is 5.32 Å². The molecule has 0 aliphatic carbocycles.